The molecule has 0 spiro atoms. The molecule has 0 radical (unpaired) electrons. The minimum absolute atomic E-state index is 0.0938. The van der Waals surface area contributed by atoms with E-state index in [4.69, 9.17) is 4.74 Å². The Kier molecular flexibility index (Phi) is 9.33. The summed E-state index contributed by atoms with van der Waals surface area (Å²) >= 11 is 0. The highest BCUT2D eigenvalue weighted by Gasteiger charge is 2.12. The van der Waals surface area contributed by atoms with Gasteiger partial charge in [0.25, 0.3) is 11.6 Å². The van der Waals surface area contributed by atoms with Crippen molar-refractivity contribution >= 4 is 17.8 Å². The predicted molar refractivity (Wildman–Crippen MR) is 131 cm³/mol. The molecule has 0 atom stereocenters. The number of aromatic nitrogens is 2. The van der Waals surface area contributed by atoms with E-state index in [1.807, 2.05) is 24.3 Å². The quantitative estimate of drug-likeness (QED) is 0.150. The maximum absolute atomic E-state index is 12.3. The normalized spacial score (nSPS) is 11.0. The first kappa shape index (κ1) is 24.6. The maximum atomic E-state index is 12.3. The second-order valence-corrected chi connectivity index (χ2v) is 7.82. The van der Waals surface area contributed by atoms with Crippen LogP contribution in [0.1, 0.15) is 61.5 Å². The SMILES string of the molecule is CCCCCCCCOc1ccc(-c2cc(C(=O)NN=Cc3ccccc3[N+](=O)[O-])[nH]n2)cc1. The third-order valence-corrected chi connectivity index (χ3v) is 5.24. The van der Waals surface area contributed by atoms with Crippen LogP contribution in [-0.4, -0.2) is 33.8 Å². The number of nitro groups is 1. The number of carbonyl (C=O) groups is 1. The zero-order valence-corrected chi connectivity index (χ0v) is 19.2. The van der Waals surface area contributed by atoms with Crippen LogP contribution in [0.2, 0.25) is 0 Å². The first-order chi connectivity index (χ1) is 16.6. The summed E-state index contributed by atoms with van der Waals surface area (Å²) in [6, 6.07) is 15.3. The molecule has 9 nitrogen and oxygen atoms in total. The van der Waals surface area contributed by atoms with Crippen molar-refractivity contribution in [1.29, 1.82) is 0 Å². The number of rotatable bonds is 13. The van der Waals surface area contributed by atoms with E-state index < -0.39 is 10.8 Å². The standard InChI is InChI=1S/C25H29N5O4/c1-2-3-4-5-6-9-16-34-21-14-12-19(13-15-21)22-17-23(28-27-22)25(31)29-26-18-20-10-7-8-11-24(20)30(32)33/h7-8,10-15,17-18H,2-6,9,16H2,1H3,(H,27,28)(H,29,31). The first-order valence-electron chi connectivity index (χ1n) is 11.4. The van der Waals surface area contributed by atoms with Gasteiger partial charge in [0.2, 0.25) is 0 Å². The van der Waals surface area contributed by atoms with Crippen LogP contribution in [0.25, 0.3) is 11.3 Å². The van der Waals surface area contributed by atoms with Gasteiger partial charge in [-0.2, -0.15) is 10.2 Å². The lowest BCUT2D eigenvalue weighted by Crippen LogP contribution is -2.18. The zero-order chi connectivity index (χ0) is 24.2. The lowest BCUT2D eigenvalue weighted by molar-refractivity contribution is -0.385. The number of hydrogen-bond donors (Lipinski definition) is 2. The van der Waals surface area contributed by atoms with Gasteiger partial charge < -0.3 is 4.74 Å². The molecule has 0 aliphatic rings. The summed E-state index contributed by atoms with van der Waals surface area (Å²) in [6.07, 6.45) is 8.55. The lowest BCUT2D eigenvalue weighted by atomic mass is 10.1. The van der Waals surface area contributed by atoms with Crippen molar-refractivity contribution in [3.63, 3.8) is 0 Å². The monoisotopic (exact) mass is 463 g/mol. The molecule has 0 saturated heterocycles. The molecule has 9 heteroatoms. The van der Waals surface area contributed by atoms with Gasteiger partial charge >= 0.3 is 0 Å². The van der Waals surface area contributed by atoms with Gasteiger partial charge in [-0.3, -0.25) is 20.0 Å². The number of hydrogen-bond acceptors (Lipinski definition) is 6. The Balaban J connectivity index is 1.50. The first-order valence-corrected chi connectivity index (χ1v) is 11.4. The molecule has 2 aromatic carbocycles. The van der Waals surface area contributed by atoms with Gasteiger partial charge in [0, 0.05) is 11.6 Å². The van der Waals surface area contributed by atoms with E-state index in [0.717, 1.165) is 17.7 Å². The highest BCUT2D eigenvalue weighted by atomic mass is 16.6. The molecule has 2 N–H and O–H groups in total. The van der Waals surface area contributed by atoms with Gasteiger partial charge in [0.1, 0.15) is 11.4 Å². The van der Waals surface area contributed by atoms with Crippen molar-refractivity contribution in [3.8, 4) is 17.0 Å². The molecular formula is C25H29N5O4. The van der Waals surface area contributed by atoms with Crippen LogP contribution in [0.3, 0.4) is 0 Å². The Bertz CT molecular complexity index is 1110. The number of nitrogens with zero attached hydrogens (tertiary/aromatic N) is 3. The van der Waals surface area contributed by atoms with E-state index in [1.54, 1.807) is 24.3 Å². The topological polar surface area (TPSA) is 123 Å². The summed E-state index contributed by atoms with van der Waals surface area (Å²) in [5.74, 6) is 0.294. The van der Waals surface area contributed by atoms with Crippen LogP contribution in [0.5, 0.6) is 5.75 Å². The zero-order valence-electron chi connectivity index (χ0n) is 19.2. The Hall–Kier alpha value is -4.01. The summed E-state index contributed by atoms with van der Waals surface area (Å²) < 4.78 is 5.80. The number of carbonyl (C=O) groups excluding carboxylic acids is 1. The minimum atomic E-state index is -0.507. The molecule has 0 bridgehead atoms. The van der Waals surface area contributed by atoms with E-state index >= 15 is 0 Å². The summed E-state index contributed by atoms with van der Waals surface area (Å²) in [7, 11) is 0. The highest BCUT2D eigenvalue weighted by molar-refractivity contribution is 5.94. The fourth-order valence-corrected chi connectivity index (χ4v) is 3.36. The summed E-state index contributed by atoms with van der Waals surface area (Å²) in [6.45, 7) is 2.91. The van der Waals surface area contributed by atoms with Crippen molar-refractivity contribution in [1.82, 2.24) is 15.6 Å². The minimum Gasteiger partial charge on any atom is -0.494 e. The van der Waals surface area contributed by atoms with Crippen molar-refractivity contribution in [2.75, 3.05) is 6.61 Å². The second kappa shape index (κ2) is 12.9. The number of nitrogens with one attached hydrogen (secondary N) is 2. The van der Waals surface area contributed by atoms with Crippen molar-refractivity contribution < 1.29 is 14.5 Å². The van der Waals surface area contributed by atoms with Crippen LogP contribution in [0.4, 0.5) is 5.69 Å². The molecule has 1 aromatic heterocycles. The van der Waals surface area contributed by atoms with Crippen LogP contribution in [-0.2, 0) is 0 Å². The summed E-state index contributed by atoms with van der Waals surface area (Å²) in [5, 5.41) is 21.7. The molecule has 0 fully saturated rings. The number of aromatic amines is 1. The molecule has 178 valence electrons. The van der Waals surface area contributed by atoms with E-state index in [2.05, 4.69) is 27.6 Å². The largest absolute Gasteiger partial charge is 0.494 e. The molecule has 1 heterocycles. The Morgan fingerprint density at radius 1 is 1.12 bits per heavy atom. The smallest absolute Gasteiger partial charge is 0.289 e. The van der Waals surface area contributed by atoms with Crippen molar-refractivity contribution in [2.24, 2.45) is 5.10 Å². The van der Waals surface area contributed by atoms with Crippen LogP contribution < -0.4 is 10.2 Å². The van der Waals surface area contributed by atoms with E-state index in [1.165, 1.54) is 44.4 Å². The lowest BCUT2D eigenvalue weighted by Gasteiger charge is -2.06. The molecule has 3 rings (SSSR count). The van der Waals surface area contributed by atoms with Gasteiger partial charge in [-0.1, -0.05) is 51.2 Å². The average molecular weight is 464 g/mol. The number of hydrazone groups is 1. The molecule has 0 aliphatic carbocycles. The molecule has 34 heavy (non-hydrogen) atoms. The Morgan fingerprint density at radius 3 is 2.62 bits per heavy atom. The van der Waals surface area contributed by atoms with Gasteiger partial charge in [-0.05, 0) is 42.8 Å². The number of benzene rings is 2. The molecule has 0 aliphatic heterocycles. The number of amides is 1. The number of para-hydroxylation sites is 1. The number of ether oxygens (including phenoxy) is 1. The van der Waals surface area contributed by atoms with Crippen molar-refractivity contribution in [2.45, 2.75) is 45.4 Å². The van der Waals surface area contributed by atoms with E-state index in [0.29, 0.717) is 12.3 Å². The second-order valence-electron chi connectivity index (χ2n) is 7.82. The van der Waals surface area contributed by atoms with Crippen LogP contribution in [0.15, 0.2) is 59.7 Å². The molecular weight excluding hydrogens is 434 g/mol. The Labute approximate surface area is 198 Å². The van der Waals surface area contributed by atoms with Crippen LogP contribution >= 0.6 is 0 Å². The molecule has 0 unspecified atom stereocenters. The summed E-state index contributed by atoms with van der Waals surface area (Å²) in [4.78, 5) is 22.9. The fraction of sp³-hybridized carbons (Fsp3) is 0.320. The third kappa shape index (κ3) is 7.26. The number of H-pyrrole nitrogens is 1. The van der Waals surface area contributed by atoms with Gasteiger partial charge in [0.15, 0.2) is 0 Å². The van der Waals surface area contributed by atoms with Gasteiger partial charge in [-0.15, -0.1) is 0 Å². The fourth-order valence-electron chi connectivity index (χ4n) is 3.36. The third-order valence-electron chi connectivity index (χ3n) is 5.24. The molecule has 0 saturated carbocycles. The number of nitro benzene ring substituents is 1. The van der Waals surface area contributed by atoms with E-state index in [9.17, 15) is 14.9 Å². The molecule has 1 amide bonds. The van der Waals surface area contributed by atoms with Crippen molar-refractivity contribution in [3.05, 3.63) is 76.0 Å². The van der Waals surface area contributed by atoms with E-state index in [-0.39, 0.29) is 16.9 Å². The highest BCUT2D eigenvalue weighted by Crippen LogP contribution is 2.22. The molecule has 3 aromatic rings. The predicted octanol–water partition coefficient (Wildman–Crippen LogP) is 5.49. The Morgan fingerprint density at radius 2 is 1.85 bits per heavy atom. The average Bonchev–Trinajstić information content (AvgIpc) is 3.34. The van der Waals surface area contributed by atoms with Crippen LogP contribution in [0, 0.1) is 10.1 Å². The summed E-state index contributed by atoms with van der Waals surface area (Å²) in [5.41, 5.74) is 4.21. The van der Waals surface area contributed by atoms with Gasteiger partial charge in [-0.25, -0.2) is 5.43 Å². The van der Waals surface area contributed by atoms with Gasteiger partial charge in [0.05, 0.1) is 29.0 Å². The number of unbranched alkanes of at least 4 members (excludes halogenated alkanes) is 5. The maximum Gasteiger partial charge on any atom is 0.289 e.